The second kappa shape index (κ2) is 15.1. The van der Waals surface area contributed by atoms with Crippen molar-refractivity contribution in [2.45, 2.75) is 103 Å². The highest BCUT2D eigenvalue weighted by Gasteiger charge is 2.57. The molecular weight excluding hydrogens is 502 g/mol. The van der Waals surface area contributed by atoms with Gasteiger partial charge in [-0.3, -0.25) is 14.9 Å². The number of hydrogen-bond donors (Lipinski definition) is 3. The van der Waals surface area contributed by atoms with E-state index in [-0.39, 0.29) is 19.6 Å². The zero-order chi connectivity index (χ0) is 29.1. The van der Waals surface area contributed by atoms with Crippen molar-refractivity contribution >= 4 is 23.9 Å². The van der Waals surface area contributed by atoms with Crippen molar-refractivity contribution < 1.29 is 38.2 Å². The molecule has 2 amide bonds. The largest absolute Gasteiger partial charge is 0.521 e. The minimum Gasteiger partial charge on any atom is -0.465 e. The Labute approximate surface area is 231 Å². The van der Waals surface area contributed by atoms with Crippen LogP contribution in [0.3, 0.4) is 0 Å². The summed E-state index contributed by atoms with van der Waals surface area (Å²) in [5.74, 6) is -1.58. The van der Waals surface area contributed by atoms with E-state index in [1.807, 2.05) is 30.3 Å². The fourth-order valence-corrected chi connectivity index (χ4v) is 5.21. The number of nitrogens with zero attached hydrogens (tertiary/aromatic N) is 1. The van der Waals surface area contributed by atoms with Crippen LogP contribution in [0.5, 0.6) is 0 Å². The molecule has 10 nitrogen and oxygen atoms in total. The zero-order valence-corrected chi connectivity index (χ0v) is 23.8. The molecule has 1 aromatic rings. The third-order valence-corrected chi connectivity index (χ3v) is 7.01. The number of nitrogens with two attached hydrogens (primary N) is 1. The summed E-state index contributed by atoms with van der Waals surface area (Å²) < 4.78 is 9.88. The summed E-state index contributed by atoms with van der Waals surface area (Å²) in [6.45, 7) is 7.62. The number of ether oxygens (including phenoxy) is 2. The first-order valence-corrected chi connectivity index (χ1v) is 14.0. The Morgan fingerprint density at radius 1 is 1.10 bits per heavy atom. The Morgan fingerprint density at radius 2 is 1.79 bits per heavy atom. The highest BCUT2D eigenvalue weighted by Crippen LogP contribution is 2.33. The van der Waals surface area contributed by atoms with Crippen LogP contribution in [0, 0.1) is 0 Å². The molecule has 39 heavy (non-hydrogen) atoms. The van der Waals surface area contributed by atoms with Crippen molar-refractivity contribution in [3.63, 3.8) is 0 Å². The highest BCUT2D eigenvalue weighted by atomic mass is 16.6. The summed E-state index contributed by atoms with van der Waals surface area (Å²) in [6, 6.07) is 7.17. The average molecular weight is 549 g/mol. The van der Waals surface area contributed by atoms with Crippen LogP contribution < -0.4 is 11.1 Å². The number of rotatable bonds is 14. The van der Waals surface area contributed by atoms with Gasteiger partial charge in [0.15, 0.2) is 0 Å². The number of hydrogen-bond acceptors (Lipinski definition) is 8. The number of carbonyl (C=O) groups excluding carboxylic acids is 3. The predicted octanol–water partition coefficient (Wildman–Crippen LogP) is 3.55. The van der Waals surface area contributed by atoms with E-state index in [2.05, 4.69) is 5.32 Å². The predicted molar refractivity (Wildman–Crippen MR) is 147 cm³/mol. The van der Waals surface area contributed by atoms with Gasteiger partial charge < -0.3 is 20.3 Å². The maximum absolute atomic E-state index is 14.2. The van der Waals surface area contributed by atoms with Crippen LogP contribution in [0.25, 0.3) is 0 Å². The molecule has 1 unspecified atom stereocenters. The standard InChI is InChI=1S/C29H45N3O7/c1-5-38-27(35)24(17-16-21-12-7-6-8-13-21)31-23(15-9-10-18-30)26(34)32(28(36)37)19-11-14-22(32)20-25(33)39-29(2,3)4/h6-8,12-13,22-24,31H,5,9-11,14-20,30H2,1-4H3/p+1/t22-,23-,24-,32?/m0/s1. The van der Waals surface area contributed by atoms with Gasteiger partial charge in [-0.25, -0.2) is 4.79 Å². The third-order valence-electron chi connectivity index (χ3n) is 7.01. The third kappa shape index (κ3) is 9.40. The molecule has 0 bridgehead atoms. The molecule has 218 valence electrons. The first kappa shape index (κ1) is 32.4. The lowest BCUT2D eigenvalue weighted by atomic mass is 10.0. The van der Waals surface area contributed by atoms with Gasteiger partial charge in [0, 0.05) is 12.8 Å². The summed E-state index contributed by atoms with van der Waals surface area (Å²) in [6.07, 6.45) is 1.88. The lowest BCUT2D eigenvalue weighted by Crippen LogP contribution is -2.66. The smallest absolute Gasteiger partial charge is 0.465 e. The molecular formula is C29H46N3O7+. The van der Waals surface area contributed by atoms with E-state index < -0.39 is 52.1 Å². The number of esters is 2. The van der Waals surface area contributed by atoms with Crippen LogP contribution in [-0.4, -0.2) is 77.0 Å². The first-order chi connectivity index (χ1) is 18.4. The second-order valence-electron chi connectivity index (χ2n) is 11.1. The SMILES string of the molecule is CCOC(=O)[C@H](CCc1ccccc1)N[C@@H](CCCCN)C(=O)[N+]1(C(=O)O)CCC[C@H]1CC(=O)OC(C)(C)C. The van der Waals surface area contributed by atoms with Gasteiger partial charge in [0.2, 0.25) is 0 Å². The molecule has 4 atom stereocenters. The summed E-state index contributed by atoms with van der Waals surface area (Å²) in [5.41, 5.74) is 5.99. The van der Waals surface area contributed by atoms with Crippen LogP contribution in [0.1, 0.15) is 78.2 Å². The fraction of sp³-hybridized carbons (Fsp3) is 0.655. The number of quaternary nitrogens is 1. The molecule has 0 saturated carbocycles. The number of nitrogens with one attached hydrogen (secondary N) is 1. The van der Waals surface area contributed by atoms with E-state index in [1.54, 1.807) is 27.7 Å². The quantitative estimate of drug-likeness (QED) is 0.180. The zero-order valence-electron chi connectivity index (χ0n) is 23.8. The molecule has 1 heterocycles. The molecule has 2 rings (SSSR count). The number of aryl methyl sites for hydroxylation is 1. The van der Waals surface area contributed by atoms with Crippen molar-refractivity contribution in [1.82, 2.24) is 5.32 Å². The molecule has 1 aromatic carbocycles. The Kier molecular flexibility index (Phi) is 12.5. The van der Waals surface area contributed by atoms with E-state index >= 15 is 0 Å². The van der Waals surface area contributed by atoms with Crippen LogP contribution in [0.2, 0.25) is 0 Å². The number of carboxylic acid groups (broad SMARTS) is 1. The number of likely N-dealkylation sites (tertiary alicyclic amines) is 1. The number of unbranched alkanes of at least 4 members (excludes halogenated alkanes) is 1. The second-order valence-corrected chi connectivity index (χ2v) is 11.1. The molecule has 0 aliphatic carbocycles. The molecule has 1 saturated heterocycles. The lowest BCUT2D eigenvalue weighted by Gasteiger charge is -2.35. The minimum absolute atomic E-state index is 0.0742. The summed E-state index contributed by atoms with van der Waals surface area (Å²) in [4.78, 5) is 52.5. The van der Waals surface area contributed by atoms with Gasteiger partial charge in [-0.15, -0.1) is 0 Å². The van der Waals surface area contributed by atoms with Gasteiger partial charge in [0.05, 0.1) is 19.6 Å². The van der Waals surface area contributed by atoms with Crippen molar-refractivity contribution in [2.75, 3.05) is 19.7 Å². The number of amides is 2. The molecule has 1 aliphatic rings. The lowest BCUT2D eigenvalue weighted by molar-refractivity contribution is -0.794. The van der Waals surface area contributed by atoms with Crippen molar-refractivity contribution in [2.24, 2.45) is 5.73 Å². The first-order valence-electron chi connectivity index (χ1n) is 14.0. The monoisotopic (exact) mass is 548 g/mol. The van der Waals surface area contributed by atoms with Crippen LogP contribution in [0.15, 0.2) is 30.3 Å². The molecule has 1 fully saturated rings. The number of imide groups is 1. The maximum atomic E-state index is 14.2. The average Bonchev–Trinajstić information content (AvgIpc) is 3.29. The molecule has 0 spiro atoms. The molecule has 0 radical (unpaired) electrons. The van der Waals surface area contributed by atoms with Gasteiger partial charge in [-0.05, 0) is 71.9 Å². The van der Waals surface area contributed by atoms with E-state index in [1.165, 1.54) is 0 Å². The summed E-state index contributed by atoms with van der Waals surface area (Å²) >= 11 is 0. The molecule has 10 heteroatoms. The van der Waals surface area contributed by atoms with Crippen molar-refractivity contribution in [1.29, 1.82) is 0 Å². The van der Waals surface area contributed by atoms with Gasteiger partial charge in [0.1, 0.15) is 23.7 Å². The Hall–Kier alpha value is -2.82. The van der Waals surface area contributed by atoms with E-state index in [0.29, 0.717) is 51.5 Å². The molecule has 1 aliphatic heterocycles. The van der Waals surface area contributed by atoms with E-state index in [0.717, 1.165) is 5.56 Å². The number of benzene rings is 1. The van der Waals surface area contributed by atoms with Gasteiger partial charge in [0.25, 0.3) is 0 Å². The van der Waals surface area contributed by atoms with Gasteiger partial charge >= 0.3 is 23.9 Å². The summed E-state index contributed by atoms with van der Waals surface area (Å²) in [7, 11) is 0. The van der Waals surface area contributed by atoms with Crippen LogP contribution in [0.4, 0.5) is 4.79 Å². The summed E-state index contributed by atoms with van der Waals surface area (Å²) in [5, 5.41) is 13.6. The Bertz CT molecular complexity index is 963. The molecule has 4 N–H and O–H groups in total. The van der Waals surface area contributed by atoms with Crippen LogP contribution >= 0.6 is 0 Å². The van der Waals surface area contributed by atoms with Crippen LogP contribution in [-0.2, 0) is 30.3 Å². The maximum Gasteiger partial charge on any atom is 0.521 e. The number of carbonyl (C=O) groups is 4. The minimum atomic E-state index is -1.30. The van der Waals surface area contributed by atoms with Crippen molar-refractivity contribution in [3.8, 4) is 0 Å². The fourth-order valence-electron chi connectivity index (χ4n) is 5.21. The van der Waals surface area contributed by atoms with E-state index in [4.69, 9.17) is 15.2 Å². The highest BCUT2D eigenvalue weighted by molar-refractivity contribution is 5.86. The Balaban J connectivity index is 2.35. The topological polar surface area (TPSA) is 145 Å². The van der Waals surface area contributed by atoms with Crippen molar-refractivity contribution in [3.05, 3.63) is 35.9 Å². The van der Waals surface area contributed by atoms with E-state index in [9.17, 15) is 24.3 Å². The van der Waals surface area contributed by atoms with Gasteiger partial charge in [-0.2, -0.15) is 9.28 Å². The normalized spacial score (nSPS) is 20.7. The Morgan fingerprint density at radius 3 is 2.38 bits per heavy atom. The molecule has 0 aromatic heterocycles. The van der Waals surface area contributed by atoms with Gasteiger partial charge in [-0.1, -0.05) is 30.3 Å².